The van der Waals surface area contributed by atoms with Crippen LogP contribution in [0, 0.1) is 23.1 Å². The summed E-state index contributed by atoms with van der Waals surface area (Å²) < 4.78 is 13.0. The highest BCUT2D eigenvalue weighted by Gasteiger charge is 2.27. The van der Waals surface area contributed by atoms with Crippen LogP contribution in [0.25, 0.3) is 0 Å². The fraction of sp³-hybridized carbons (Fsp3) is 0.556. The number of amides is 1. The molecule has 0 radical (unpaired) electrons. The Hall–Kier alpha value is -2.13. The molecule has 0 spiro atoms. The fourth-order valence-electron chi connectivity index (χ4n) is 2.92. The average molecular weight is 332 g/mol. The molecule has 2 atom stereocenters. The van der Waals surface area contributed by atoms with Crippen LogP contribution >= 0.6 is 0 Å². The molecule has 2 rings (SSSR count). The second-order valence-electron chi connectivity index (χ2n) is 6.43. The van der Waals surface area contributed by atoms with Gasteiger partial charge in [0.1, 0.15) is 5.82 Å². The quantitative estimate of drug-likeness (QED) is 0.827. The predicted molar refractivity (Wildman–Crippen MR) is 92.1 cm³/mol. The van der Waals surface area contributed by atoms with Crippen LogP contribution in [0.1, 0.15) is 13.8 Å². The Bertz CT molecular complexity index is 590. The minimum atomic E-state index is -0.240. The number of rotatable bonds is 5. The largest absolute Gasteiger partial charge is 0.368 e. The van der Waals surface area contributed by atoms with Crippen molar-refractivity contribution in [2.75, 3.05) is 44.7 Å². The van der Waals surface area contributed by atoms with E-state index in [4.69, 9.17) is 5.26 Å². The number of benzene rings is 1. The molecule has 1 fully saturated rings. The van der Waals surface area contributed by atoms with Crippen molar-refractivity contribution in [3.05, 3.63) is 30.1 Å². The summed E-state index contributed by atoms with van der Waals surface area (Å²) in [5.41, 5.74) is 0.983. The number of halogens is 1. The van der Waals surface area contributed by atoms with E-state index in [1.807, 2.05) is 30.7 Å². The summed E-state index contributed by atoms with van der Waals surface area (Å²) in [6.45, 7) is 7.11. The first-order chi connectivity index (χ1) is 11.4. The molecule has 0 saturated carbocycles. The lowest BCUT2D eigenvalue weighted by atomic mass is 10.1. The third-order valence-corrected chi connectivity index (χ3v) is 4.58. The summed E-state index contributed by atoms with van der Waals surface area (Å²) >= 11 is 0. The molecule has 1 aliphatic heterocycles. The van der Waals surface area contributed by atoms with Gasteiger partial charge in [0.2, 0.25) is 5.91 Å². The van der Waals surface area contributed by atoms with Gasteiger partial charge in [-0.05, 0) is 45.2 Å². The van der Waals surface area contributed by atoms with E-state index >= 15 is 0 Å². The predicted octanol–water partition coefficient (Wildman–Crippen LogP) is 1.95. The summed E-state index contributed by atoms with van der Waals surface area (Å²) in [5.74, 6) is -0.238. The van der Waals surface area contributed by atoms with Gasteiger partial charge in [0.15, 0.2) is 0 Å². The zero-order valence-electron chi connectivity index (χ0n) is 14.6. The molecule has 0 unspecified atom stereocenters. The van der Waals surface area contributed by atoms with Gasteiger partial charge in [-0.3, -0.25) is 9.69 Å². The first kappa shape index (κ1) is 18.2. The van der Waals surface area contributed by atoms with Crippen molar-refractivity contribution >= 4 is 11.6 Å². The van der Waals surface area contributed by atoms with Crippen molar-refractivity contribution in [1.29, 1.82) is 5.26 Å². The van der Waals surface area contributed by atoms with E-state index < -0.39 is 0 Å². The summed E-state index contributed by atoms with van der Waals surface area (Å²) in [5, 5.41) is 8.91. The van der Waals surface area contributed by atoms with E-state index in [1.165, 1.54) is 12.1 Å². The average Bonchev–Trinajstić information content (AvgIpc) is 2.61. The second-order valence-corrected chi connectivity index (χ2v) is 6.43. The maximum atomic E-state index is 13.0. The standard InChI is InChI=1S/C18H25FN4O/c1-14(12-20)13-21(3)15(2)18(24)23-10-8-22(9-11-23)17-6-4-16(19)5-7-17/h4-7,14-15H,8-11,13H2,1-3H3/t14-,15-/m1/s1. The number of hydrogen-bond donors (Lipinski definition) is 0. The minimum absolute atomic E-state index is 0.0967. The normalized spacial score (nSPS) is 17.5. The van der Waals surface area contributed by atoms with Crippen LogP contribution in [0.15, 0.2) is 24.3 Å². The number of anilines is 1. The molecule has 1 saturated heterocycles. The molecule has 1 aromatic carbocycles. The van der Waals surface area contributed by atoms with Crippen LogP contribution in [-0.2, 0) is 4.79 Å². The zero-order chi connectivity index (χ0) is 17.7. The smallest absolute Gasteiger partial charge is 0.239 e. The lowest BCUT2D eigenvalue weighted by molar-refractivity contribution is -0.136. The molecule has 130 valence electrons. The molecule has 1 aromatic rings. The number of piperazine rings is 1. The minimum Gasteiger partial charge on any atom is -0.368 e. The van der Waals surface area contributed by atoms with Crippen molar-refractivity contribution in [3.8, 4) is 6.07 Å². The first-order valence-electron chi connectivity index (χ1n) is 8.31. The molecule has 1 amide bonds. The number of nitriles is 1. The highest BCUT2D eigenvalue weighted by atomic mass is 19.1. The number of carbonyl (C=O) groups is 1. The maximum Gasteiger partial charge on any atom is 0.239 e. The van der Waals surface area contributed by atoms with Gasteiger partial charge in [0, 0.05) is 38.4 Å². The van der Waals surface area contributed by atoms with E-state index in [9.17, 15) is 9.18 Å². The van der Waals surface area contributed by atoms with Gasteiger partial charge < -0.3 is 9.80 Å². The van der Waals surface area contributed by atoms with E-state index in [1.54, 1.807) is 12.1 Å². The Morgan fingerprint density at radius 3 is 2.38 bits per heavy atom. The fourth-order valence-corrected chi connectivity index (χ4v) is 2.92. The number of hydrogen-bond acceptors (Lipinski definition) is 4. The molecule has 5 nitrogen and oxygen atoms in total. The highest BCUT2D eigenvalue weighted by Crippen LogP contribution is 2.17. The molecule has 0 N–H and O–H groups in total. The number of likely N-dealkylation sites (N-methyl/N-ethyl adjacent to an activating group) is 1. The SMILES string of the molecule is C[C@H](C#N)CN(C)[C@H](C)C(=O)N1CCN(c2ccc(F)cc2)CC1. The van der Waals surface area contributed by atoms with Gasteiger partial charge in [-0.2, -0.15) is 5.26 Å². The number of carbonyl (C=O) groups excluding carboxylic acids is 1. The van der Waals surface area contributed by atoms with Gasteiger partial charge >= 0.3 is 0 Å². The lowest BCUT2D eigenvalue weighted by Gasteiger charge is -2.38. The van der Waals surface area contributed by atoms with E-state index in [2.05, 4.69) is 11.0 Å². The molecule has 24 heavy (non-hydrogen) atoms. The summed E-state index contributed by atoms with van der Waals surface area (Å²) in [6.07, 6.45) is 0. The Labute approximate surface area is 143 Å². The van der Waals surface area contributed by atoms with Crippen LogP contribution in [-0.4, -0.2) is 61.5 Å². The molecule has 0 bridgehead atoms. The summed E-state index contributed by atoms with van der Waals surface area (Å²) in [6, 6.07) is 8.42. The van der Waals surface area contributed by atoms with Crippen LogP contribution in [0.5, 0.6) is 0 Å². The van der Waals surface area contributed by atoms with Gasteiger partial charge in [-0.1, -0.05) is 0 Å². The molecule has 0 aromatic heterocycles. The highest BCUT2D eigenvalue weighted by molar-refractivity contribution is 5.81. The molecule has 1 aliphatic rings. The van der Waals surface area contributed by atoms with Crippen molar-refractivity contribution in [1.82, 2.24) is 9.80 Å². The Morgan fingerprint density at radius 2 is 1.83 bits per heavy atom. The van der Waals surface area contributed by atoms with Gasteiger partial charge in [0.05, 0.1) is 18.0 Å². The topological polar surface area (TPSA) is 50.6 Å². The second kappa shape index (κ2) is 8.11. The van der Waals surface area contributed by atoms with Crippen molar-refractivity contribution in [2.45, 2.75) is 19.9 Å². The third kappa shape index (κ3) is 4.45. The molecule has 1 heterocycles. The third-order valence-electron chi connectivity index (χ3n) is 4.58. The van der Waals surface area contributed by atoms with E-state index in [0.717, 1.165) is 18.8 Å². The zero-order valence-corrected chi connectivity index (χ0v) is 14.6. The van der Waals surface area contributed by atoms with E-state index in [0.29, 0.717) is 19.6 Å². The van der Waals surface area contributed by atoms with Gasteiger partial charge in [-0.25, -0.2) is 4.39 Å². The van der Waals surface area contributed by atoms with Gasteiger partial charge in [-0.15, -0.1) is 0 Å². The van der Waals surface area contributed by atoms with E-state index in [-0.39, 0.29) is 23.7 Å². The number of nitrogens with zero attached hydrogens (tertiary/aromatic N) is 4. The summed E-state index contributed by atoms with van der Waals surface area (Å²) in [4.78, 5) is 18.6. The monoisotopic (exact) mass is 332 g/mol. The Morgan fingerprint density at radius 1 is 1.25 bits per heavy atom. The van der Waals surface area contributed by atoms with Crippen LogP contribution in [0.3, 0.4) is 0 Å². The van der Waals surface area contributed by atoms with Crippen molar-refractivity contribution < 1.29 is 9.18 Å². The van der Waals surface area contributed by atoms with Crippen molar-refractivity contribution in [3.63, 3.8) is 0 Å². The lowest BCUT2D eigenvalue weighted by Crippen LogP contribution is -2.54. The van der Waals surface area contributed by atoms with Crippen LogP contribution in [0.2, 0.25) is 0 Å². The van der Waals surface area contributed by atoms with Crippen LogP contribution in [0.4, 0.5) is 10.1 Å². The maximum absolute atomic E-state index is 13.0. The van der Waals surface area contributed by atoms with Crippen molar-refractivity contribution in [2.24, 2.45) is 5.92 Å². The molecule has 6 heteroatoms. The first-order valence-corrected chi connectivity index (χ1v) is 8.31. The summed E-state index contributed by atoms with van der Waals surface area (Å²) in [7, 11) is 1.88. The van der Waals surface area contributed by atoms with Crippen LogP contribution < -0.4 is 4.90 Å². The molecule has 0 aliphatic carbocycles. The van der Waals surface area contributed by atoms with Gasteiger partial charge in [0.25, 0.3) is 0 Å². The molecular weight excluding hydrogens is 307 g/mol. The Balaban J connectivity index is 1.88. The molecular formula is C18H25FN4O. The Kier molecular flexibility index (Phi) is 6.16.